The van der Waals surface area contributed by atoms with E-state index in [0.29, 0.717) is 15.8 Å². The van der Waals surface area contributed by atoms with Gasteiger partial charge in [-0.2, -0.15) is 0 Å². The van der Waals surface area contributed by atoms with Gasteiger partial charge in [0.05, 0.1) is 20.8 Å². The zero-order chi connectivity index (χ0) is 19.0. The van der Waals surface area contributed by atoms with Gasteiger partial charge in [-0.05, 0) is 44.0 Å². The number of hydrogen-bond donors (Lipinski definition) is 3. The lowest BCUT2D eigenvalue weighted by Crippen LogP contribution is -2.14. The highest BCUT2D eigenvalue weighted by Crippen LogP contribution is 2.31. The number of thiazole rings is 1. The molecule has 0 fully saturated rings. The van der Waals surface area contributed by atoms with E-state index in [2.05, 4.69) is 15.6 Å². The summed E-state index contributed by atoms with van der Waals surface area (Å²) in [6, 6.07) is 7.18. The lowest BCUT2D eigenvalue weighted by molar-refractivity contribution is 0.102. The first-order valence-electron chi connectivity index (χ1n) is 7.74. The Morgan fingerprint density at radius 3 is 2.35 bits per heavy atom. The summed E-state index contributed by atoms with van der Waals surface area (Å²) in [6.45, 7) is 5.88. The fraction of sp³-hybridized carbons (Fsp3) is 0.167. The van der Waals surface area contributed by atoms with E-state index < -0.39 is 6.09 Å². The van der Waals surface area contributed by atoms with Crippen LogP contribution in [0, 0.1) is 20.8 Å². The Labute approximate surface area is 158 Å². The lowest BCUT2D eigenvalue weighted by atomic mass is 10.0. The third-order valence-electron chi connectivity index (χ3n) is 3.85. The van der Waals surface area contributed by atoms with Crippen LogP contribution in [0.1, 0.15) is 27.0 Å². The summed E-state index contributed by atoms with van der Waals surface area (Å²) in [5.74, 6) is -0.326. The van der Waals surface area contributed by atoms with Gasteiger partial charge >= 0.3 is 6.09 Å². The van der Waals surface area contributed by atoms with Crippen molar-refractivity contribution in [3.05, 3.63) is 51.5 Å². The molecule has 2 amide bonds. The maximum Gasteiger partial charge on any atom is 0.410 e. The van der Waals surface area contributed by atoms with Crippen LogP contribution in [-0.4, -0.2) is 22.1 Å². The van der Waals surface area contributed by atoms with Crippen LogP contribution in [0.2, 0.25) is 5.02 Å². The Balaban J connectivity index is 1.95. The van der Waals surface area contributed by atoms with Crippen LogP contribution in [0.15, 0.2) is 24.3 Å². The van der Waals surface area contributed by atoms with Gasteiger partial charge in [-0.25, -0.2) is 9.78 Å². The fourth-order valence-electron chi connectivity index (χ4n) is 2.83. The minimum atomic E-state index is -1.20. The standard InChI is InChI=1S/C18H16ClN3O3S/c1-8-4-9(2)15(10(3)5-8)21-16(23)11-6-14-13(7-12(11)19)20-17(26-14)22-18(24)25/h4-7H,1-3H3,(H,20,22)(H,21,23)(H,24,25). The molecule has 0 spiro atoms. The Morgan fingerprint density at radius 2 is 1.73 bits per heavy atom. The topological polar surface area (TPSA) is 91.3 Å². The van der Waals surface area contributed by atoms with Crippen molar-refractivity contribution in [3.63, 3.8) is 0 Å². The average Bonchev–Trinajstić information content (AvgIpc) is 2.89. The molecule has 0 bridgehead atoms. The van der Waals surface area contributed by atoms with Crippen molar-refractivity contribution in [3.8, 4) is 0 Å². The van der Waals surface area contributed by atoms with E-state index in [1.807, 2.05) is 32.9 Å². The Hall–Kier alpha value is -2.64. The van der Waals surface area contributed by atoms with Gasteiger partial charge in [0.25, 0.3) is 5.91 Å². The smallest absolute Gasteiger partial charge is 0.410 e. The molecule has 3 N–H and O–H groups in total. The van der Waals surface area contributed by atoms with Gasteiger partial charge in [0.2, 0.25) is 0 Å². The second-order valence-electron chi connectivity index (χ2n) is 5.98. The lowest BCUT2D eigenvalue weighted by Gasteiger charge is -2.13. The molecule has 0 radical (unpaired) electrons. The van der Waals surface area contributed by atoms with Gasteiger partial charge in [0.15, 0.2) is 5.13 Å². The molecule has 1 heterocycles. The Kier molecular flexibility index (Phi) is 4.84. The van der Waals surface area contributed by atoms with Crippen molar-refractivity contribution in [1.82, 2.24) is 4.98 Å². The van der Waals surface area contributed by atoms with Crippen molar-refractivity contribution in [2.24, 2.45) is 0 Å². The summed E-state index contributed by atoms with van der Waals surface area (Å²) >= 11 is 7.39. The Bertz CT molecular complexity index is 1020. The number of nitrogens with one attached hydrogen (secondary N) is 2. The molecular formula is C18H16ClN3O3S. The van der Waals surface area contributed by atoms with Crippen molar-refractivity contribution in [1.29, 1.82) is 0 Å². The molecule has 0 unspecified atom stereocenters. The molecule has 2 aromatic carbocycles. The van der Waals surface area contributed by atoms with E-state index in [4.69, 9.17) is 16.7 Å². The van der Waals surface area contributed by atoms with Crippen LogP contribution in [-0.2, 0) is 0 Å². The number of fused-ring (bicyclic) bond motifs is 1. The van der Waals surface area contributed by atoms with Gasteiger partial charge in [0, 0.05) is 5.69 Å². The third-order valence-corrected chi connectivity index (χ3v) is 5.10. The van der Waals surface area contributed by atoms with Gasteiger partial charge in [-0.3, -0.25) is 10.1 Å². The van der Waals surface area contributed by atoms with E-state index in [1.165, 1.54) is 0 Å². The Morgan fingerprint density at radius 1 is 1.08 bits per heavy atom. The van der Waals surface area contributed by atoms with Gasteiger partial charge < -0.3 is 10.4 Å². The monoisotopic (exact) mass is 389 g/mol. The van der Waals surface area contributed by atoms with E-state index in [9.17, 15) is 9.59 Å². The van der Waals surface area contributed by atoms with Crippen LogP contribution in [0.25, 0.3) is 10.2 Å². The van der Waals surface area contributed by atoms with Crippen LogP contribution < -0.4 is 10.6 Å². The number of carboxylic acid groups (broad SMARTS) is 1. The highest BCUT2D eigenvalue weighted by molar-refractivity contribution is 7.22. The number of nitrogens with zero attached hydrogens (tertiary/aromatic N) is 1. The first-order valence-corrected chi connectivity index (χ1v) is 8.93. The molecule has 0 saturated heterocycles. The maximum atomic E-state index is 12.7. The van der Waals surface area contributed by atoms with Gasteiger partial charge in [-0.15, -0.1) is 0 Å². The molecule has 6 nitrogen and oxygen atoms in total. The van der Waals surface area contributed by atoms with Crippen LogP contribution in [0.3, 0.4) is 0 Å². The summed E-state index contributed by atoms with van der Waals surface area (Å²) in [5, 5.41) is 14.4. The second kappa shape index (κ2) is 6.93. The zero-order valence-electron chi connectivity index (χ0n) is 14.3. The van der Waals surface area contributed by atoms with Gasteiger partial charge in [-0.1, -0.05) is 40.6 Å². The van der Waals surface area contributed by atoms with Crippen LogP contribution in [0.4, 0.5) is 15.6 Å². The molecule has 0 saturated carbocycles. The van der Waals surface area contributed by atoms with E-state index >= 15 is 0 Å². The predicted molar refractivity (Wildman–Crippen MR) is 105 cm³/mol. The number of aromatic nitrogens is 1. The molecule has 3 aromatic rings. The molecule has 134 valence electrons. The quantitative estimate of drug-likeness (QED) is 0.572. The van der Waals surface area contributed by atoms with Crippen molar-refractivity contribution in [2.45, 2.75) is 20.8 Å². The molecular weight excluding hydrogens is 374 g/mol. The SMILES string of the molecule is Cc1cc(C)c(NC(=O)c2cc3sc(NC(=O)O)nc3cc2Cl)c(C)c1. The highest BCUT2D eigenvalue weighted by Gasteiger charge is 2.17. The summed E-state index contributed by atoms with van der Waals surface area (Å²) in [4.78, 5) is 27.6. The molecule has 26 heavy (non-hydrogen) atoms. The number of aryl methyl sites for hydroxylation is 3. The van der Waals surface area contributed by atoms with E-state index in [-0.39, 0.29) is 16.1 Å². The summed E-state index contributed by atoms with van der Waals surface area (Å²) in [6.07, 6.45) is -1.20. The molecule has 0 aliphatic carbocycles. The molecule has 3 rings (SSSR count). The number of benzene rings is 2. The first-order chi connectivity index (χ1) is 12.2. The average molecular weight is 390 g/mol. The normalized spacial score (nSPS) is 10.8. The zero-order valence-corrected chi connectivity index (χ0v) is 15.9. The first kappa shape index (κ1) is 18.2. The van der Waals surface area contributed by atoms with Crippen molar-refractivity contribution < 1.29 is 14.7 Å². The number of carbonyl (C=O) groups excluding carboxylic acids is 1. The van der Waals surface area contributed by atoms with Crippen LogP contribution >= 0.6 is 22.9 Å². The van der Waals surface area contributed by atoms with Gasteiger partial charge in [0.1, 0.15) is 0 Å². The molecule has 0 atom stereocenters. The number of amides is 2. The minimum Gasteiger partial charge on any atom is -0.465 e. The summed E-state index contributed by atoms with van der Waals surface area (Å²) < 4.78 is 0.667. The fourth-order valence-corrected chi connectivity index (χ4v) is 3.95. The molecule has 1 aromatic heterocycles. The molecule has 0 aliphatic rings. The summed E-state index contributed by atoms with van der Waals surface area (Å²) in [5.41, 5.74) is 4.67. The van der Waals surface area contributed by atoms with Crippen molar-refractivity contribution in [2.75, 3.05) is 10.6 Å². The maximum absolute atomic E-state index is 12.7. The minimum absolute atomic E-state index is 0.228. The highest BCUT2D eigenvalue weighted by atomic mass is 35.5. The largest absolute Gasteiger partial charge is 0.465 e. The van der Waals surface area contributed by atoms with E-state index in [1.54, 1.807) is 12.1 Å². The summed E-state index contributed by atoms with van der Waals surface area (Å²) in [7, 11) is 0. The number of hydrogen-bond acceptors (Lipinski definition) is 4. The number of halogens is 1. The van der Waals surface area contributed by atoms with Crippen molar-refractivity contribution >= 4 is 56.0 Å². The molecule has 0 aliphatic heterocycles. The van der Waals surface area contributed by atoms with Crippen LogP contribution in [0.5, 0.6) is 0 Å². The number of rotatable bonds is 3. The predicted octanol–water partition coefficient (Wildman–Crippen LogP) is 5.22. The second-order valence-corrected chi connectivity index (χ2v) is 7.41. The number of carbonyl (C=O) groups is 2. The molecule has 8 heteroatoms. The van der Waals surface area contributed by atoms with E-state index in [0.717, 1.165) is 33.7 Å². The third kappa shape index (κ3) is 3.63. The number of anilines is 2.